The van der Waals surface area contributed by atoms with Crippen molar-refractivity contribution in [2.45, 2.75) is 13.8 Å². The van der Waals surface area contributed by atoms with E-state index in [2.05, 4.69) is 25.8 Å². The lowest BCUT2D eigenvalue weighted by Gasteiger charge is -2.10. The van der Waals surface area contributed by atoms with Crippen LogP contribution in [-0.4, -0.2) is 21.0 Å². The Labute approximate surface area is 153 Å². The molecule has 7 nitrogen and oxygen atoms in total. The number of aryl methyl sites for hydroxylation is 2. The molecule has 0 spiro atoms. The van der Waals surface area contributed by atoms with Crippen LogP contribution >= 0.6 is 23.2 Å². The Hall–Kier alpha value is -2.64. The number of amides is 1. The van der Waals surface area contributed by atoms with Gasteiger partial charge in [-0.25, -0.2) is 9.97 Å². The van der Waals surface area contributed by atoms with E-state index in [1.807, 2.05) is 0 Å². The van der Waals surface area contributed by atoms with Crippen LogP contribution in [0.25, 0.3) is 0 Å². The zero-order valence-corrected chi connectivity index (χ0v) is 14.8. The van der Waals surface area contributed by atoms with Crippen LogP contribution in [0.5, 0.6) is 0 Å². The van der Waals surface area contributed by atoms with E-state index < -0.39 is 5.91 Å². The Balaban J connectivity index is 1.84. The maximum absolute atomic E-state index is 12.3. The molecule has 0 aliphatic rings. The van der Waals surface area contributed by atoms with Crippen molar-refractivity contribution in [3.63, 3.8) is 0 Å². The van der Waals surface area contributed by atoms with Crippen molar-refractivity contribution in [1.82, 2.24) is 15.1 Å². The van der Waals surface area contributed by atoms with Crippen LogP contribution in [0.15, 0.2) is 34.9 Å². The summed E-state index contributed by atoms with van der Waals surface area (Å²) in [4.78, 5) is 20.7. The number of hydrogen-bond acceptors (Lipinski definition) is 6. The Kier molecular flexibility index (Phi) is 4.87. The smallest absolute Gasteiger partial charge is 0.275 e. The molecule has 0 aliphatic heterocycles. The summed E-state index contributed by atoms with van der Waals surface area (Å²) in [7, 11) is 0. The monoisotopic (exact) mass is 377 g/mol. The van der Waals surface area contributed by atoms with Gasteiger partial charge < -0.3 is 15.2 Å². The summed E-state index contributed by atoms with van der Waals surface area (Å²) in [5.41, 5.74) is 0.750. The summed E-state index contributed by atoms with van der Waals surface area (Å²) < 4.78 is 4.92. The third-order valence-corrected chi connectivity index (χ3v) is 3.70. The first-order valence-corrected chi connectivity index (χ1v) is 7.99. The predicted octanol–water partition coefficient (Wildman–Crippen LogP) is 4.38. The van der Waals surface area contributed by atoms with Crippen molar-refractivity contribution in [1.29, 1.82) is 0 Å². The Bertz CT molecular complexity index is 942. The Morgan fingerprint density at radius 3 is 2.60 bits per heavy atom. The lowest BCUT2D eigenvalue weighted by molar-refractivity contribution is 0.102. The molecule has 2 heterocycles. The van der Waals surface area contributed by atoms with Gasteiger partial charge in [-0.1, -0.05) is 28.4 Å². The van der Waals surface area contributed by atoms with Crippen LogP contribution in [0.1, 0.15) is 22.1 Å². The summed E-state index contributed by atoms with van der Waals surface area (Å²) in [6.45, 7) is 3.41. The van der Waals surface area contributed by atoms with E-state index in [9.17, 15) is 4.79 Å². The minimum atomic E-state index is -0.431. The maximum Gasteiger partial charge on any atom is 0.275 e. The summed E-state index contributed by atoms with van der Waals surface area (Å²) in [5.74, 6) is 1.31. The third-order valence-electron chi connectivity index (χ3n) is 3.13. The molecule has 0 fully saturated rings. The highest BCUT2D eigenvalue weighted by atomic mass is 35.5. The maximum atomic E-state index is 12.3. The number of carbonyl (C=O) groups excluding carboxylic acids is 1. The van der Waals surface area contributed by atoms with Gasteiger partial charge in [0.05, 0.1) is 10.7 Å². The molecule has 9 heteroatoms. The Morgan fingerprint density at radius 1 is 1.08 bits per heavy atom. The fourth-order valence-corrected chi connectivity index (χ4v) is 2.42. The van der Waals surface area contributed by atoms with Crippen molar-refractivity contribution in [3.8, 4) is 0 Å². The van der Waals surface area contributed by atoms with E-state index in [-0.39, 0.29) is 5.69 Å². The third kappa shape index (κ3) is 4.26. The molecular weight excluding hydrogens is 365 g/mol. The van der Waals surface area contributed by atoms with Gasteiger partial charge in [-0.2, -0.15) is 0 Å². The number of anilines is 3. The topological polar surface area (TPSA) is 92.9 Å². The molecule has 0 saturated carbocycles. The summed E-state index contributed by atoms with van der Waals surface area (Å²) >= 11 is 12.1. The second-order valence-corrected chi connectivity index (χ2v) is 6.06. The number of benzene rings is 1. The summed E-state index contributed by atoms with van der Waals surface area (Å²) in [6, 6.07) is 8.13. The van der Waals surface area contributed by atoms with Gasteiger partial charge in [0.1, 0.15) is 23.1 Å². The number of nitrogens with zero attached hydrogens (tertiary/aromatic N) is 3. The number of aromatic nitrogens is 3. The molecule has 3 aromatic rings. The first-order chi connectivity index (χ1) is 11.9. The minimum absolute atomic E-state index is 0.175. The molecule has 2 aromatic heterocycles. The van der Waals surface area contributed by atoms with Crippen molar-refractivity contribution >= 4 is 46.4 Å². The lowest BCUT2D eigenvalue weighted by Crippen LogP contribution is -2.15. The van der Waals surface area contributed by atoms with E-state index in [1.54, 1.807) is 38.1 Å². The fourth-order valence-electron chi connectivity index (χ4n) is 2.08. The first kappa shape index (κ1) is 17.2. The number of halogens is 2. The normalized spacial score (nSPS) is 10.6. The highest BCUT2D eigenvalue weighted by Crippen LogP contribution is 2.28. The Morgan fingerprint density at radius 2 is 1.88 bits per heavy atom. The zero-order valence-electron chi connectivity index (χ0n) is 13.3. The average molecular weight is 378 g/mol. The van der Waals surface area contributed by atoms with Gasteiger partial charge in [0.15, 0.2) is 5.82 Å². The molecule has 0 unspecified atom stereocenters. The van der Waals surface area contributed by atoms with Crippen molar-refractivity contribution < 1.29 is 9.32 Å². The molecule has 128 valence electrons. The molecule has 0 saturated heterocycles. The molecule has 0 atom stereocenters. The number of hydrogen-bond donors (Lipinski definition) is 2. The predicted molar refractivity (Wildman–Crippen MR) is 95.7 cm³/mol. The van der Waals surface area contributed by atoms with Crippen molar-refractivity contribution in [2.75, 3.05) is 10.6 Å². The van der Waals surface area contributed by atoms with Crippen molar-refractivity contribution in [3.05, 3.63) is 57.7 Å². The van der Waals surface area contributed by atoms with Gasteiger partial charge in [0.2, 0.25) is 0 Å². The van der Waals surface area contributed by atoms with Gasteiger partial charge >= 0.3 is 0 Å². The number of carbonyl (C=O) groups is 1. The molecule has 1 amide bonds. The summed E-state index contributed by atoms with van der Waals surface area (Å²) in [6.07, 6.45) is 0. The van der Waals surface area contributed by atoms with E-state index >= 15 is 0 Å². The largest absolute Gasteiger partial charge is 0.360 e. The number of rotatable bonds is 4. The van der Waals surface area contributed by atoms with Crippen molar-refractivity contribution in [2.24, 2.45) is 0 Å². The molecule has 1 aromatic carbocycles. The molecule has 2 N–H and O–H groups in total. The summed E-state index contributed by atoms with van der Waals surface area (Å²) in [5, 5.41) is 10.4. The standard InChI is InChI=1S/C16H13Cl2N5O2/c1-8-5-15(23-25-8)22-16(24)13-7-14(20-9(2)19-13)21-12-6-10(17)3-4-11(12)18/h3-7H,1-2H3,(H,19,20,21)(H,22,23,24). The molecule has 0 bridgehead atoms. The first-order valence-electron chi connectivity index (χ1n) is 7.23. The van der Waals surface area contributed by atoms with Crippen LogP contribution < -0.4 is 10.6 Å². The highest BCUT2D eigenvalue weighted by Gasteiger charge is 2.13. The molecule has 0 aliphatic carbocycles. The molecular formula is C16H13Cl2N5O2. The second kappa shape index (κ2) is 7.08. The van der Waals surface area contributed by atoms with Gasteiger partial charge in [-0.3, -0.25) is 4.79 Å². The fraction of sp³-hybridized carbons (Fsp3) is 0.125. The second-order valence-electron chi connectivity index (χ2n) is 5.21. The van der Waals surface area contributed by atoms with Crippen LogP contribution in [0, 0.1) is 13.8 Å². The zero-order chi connectivity index (χ0) is 18.0. The van der Waals surface area contributed by atoms with E-state index in [0.29, 0.717) is 39.0 Å². The molecule has 3 rings (SSSR count). The van der Waals surface area contributed by atoms with E-state index in [1.165, 1.54) is 6.07 Å². The SMILES string of the molecule is Cc1nc(Nc2cc(Cl)ccc2Cl)cc(C(=O)Nc2cc(C)on2)n1. The average Bonchev–Trinajstić information content (AvgIpc) is 2.95. The van der Waals surface area contributed by atoms with E-state index in [4.69, 9.17) is 27.7 Å². The van der Waals surface area contributed by atoms with Gasteiger partial charge in [-0.15, -0.1) is 0 Å². The van der Waals surface area contributed by atoms with Gasteiger partial charge in [0, 0.05) is 17.2 Å². The van der Waals surface area contributed by atoms with E-state index in [0.717, 1.165) is 0 Å². The molecule has 25 heavy (non-hydrogen) atoms. The van der Waals surface area contributed by atoms with Crippen LogP contribution in [0.4, 0.5) is 17.3 Å². The van der Waals surface area contributed by atoms with Crippen LogP contribution in [0.3, 0.4) is 0 Å². The van der Waals surface area contributed by atoms with Gasteiger partial charge in [-0.05, 0) is 32.0 Å². The van der Waals surface area contributed by atoms with Gasteiger partial charge in [0.25, 0.3) is 5.91 Å². The highest BCUT2D eigenvalue weighted by molar-refractivity contribution is 6.35. The number of nitrogens with one attached hydrogen (secondary N) is 2. The van der Waals surface area contributed by atoms with Crippen LogP contribution in [0.2, 0.25) is 10.0 Å². The quantitative estimate of drug-likeness (QED) is 0.700. The lowest BCUT2D eigenvalue weighted by atomic mass is 10.3. The minimum Gasteiger partial charge on any atom is -0.360 e. The van der Waals surface area contributed by atoms with Crippen LogP contribution in [-0.2, 0) is 0 Å². The molecule has 0 radical (unpaired) electrons.